The van der Waals surface area contributed by atoms with E-state index >= 15 is 0 Å². The summed E-state index contributed by atoms with van der Waals surface area (Å²) >= 11 is 5.81. The van der Waals surface area contributed by atoms with Gasteiger partial charge in [0.25, 0.3) is 5.91 Å². The van der Waals surface area contributed by atoms with Crippen LogP contribution in [0.5, 0.6) is 5.75 Å². The second kappa shape index (κ2) is 6.26. The van der Waals surface area contributed by atoms with E-state index in [0.29, 0.717) is 6.42 Å². The first-order valence-electron chi connectivity index (χ1n) is 5.45. The van der Waals surface area contributed by atoms with Gasteiger partial charge in [0.15, 0.2) is 0 Å². The van der Waals surface area contributed by atoms with Crippen molar-refractivity contribution in [2.24, 2.45) is 5.92 Å². The Hall–Kier alpha value is -1.75. The average Bonchev–Trinajstić information content (AvgIpc) is 2.32. The number of hydrogen-bond acceptors (Lipinski definition) is 3. The maximum absolute atomic E-state index is 11.8. The lowest BCUT2D eigenvalue weighted by Crippen LogP contribution is -2.32. The minimum absolute atomic E-state index is 0.0245. The van der Waals surface area contributed by atoms with E-state index in [9.17, 15) is 14.7 Å². The Morgan fingerprint density at radius 2 is 2.11 bits per heavy atom. The zero-order valence-electron chi connectivity index (χ0n) is 9.81. The number of hydrogen-bond donors (Lipinski definition) is 3. The molecular formula is C12H14ClNO4. The van der Waals surface area contributed by atoms with Gasteiger partial charge in [0.05, 0.1) is 16.5 Å². The summed E-state index contributed by atoms with van der Waals surface area (Å²) in [5, 5.41) is 20.8. The van der Waals surface area contributed by atoms with Crippen LogP contribution in [-0.4, -0.2) is 28.6 Å². The van der Waals surface area contributed by atoms with Gasteiger partial charge in [-0.3, -0.25) is 9.59 Å². The van der Waals surface area contributed by atoms with Crippen molar-refractivity contribution >= 4 is 23.5 Å². The quantitative estimate of drug-likeness (QED) is 0.763. The number of rotatable bonds is 5. The molecule has 98 valence electrons. The van der Waals surface area contributed by atoms with Crippen LogP contribution < -0.4 is 5.32 Å². The number of benzene rings is 1. The standard InChI is InChI=1S/C12H14ClNO4/c1-2-7(12(17)18)6-14-11(16)9-5-8(15)3-4-10(9)13/h3-5,7,15H,2,6H2,1H3,(H,14,16)(H,17,18). The molecule has 18 heavy (non-hydrogen) atoms. The van der Waals surface area contributed by atoms with Gasteiger partial charge < -0.3 is 15.5 Å². The molecule has 0 aliphatic carbocycles. The van der Waals surface area contributed by atoms with Gasteiger partial charge >= 0.3 is 5.97 Å². The van der Waals surface area contributed by atoms with Crippen molar-refractivity contribution in [2.75, 3.05) is 6.54 Å². The summed E-state index contributed by atoms with van der Waals surface area (Å²) in [6.45, 7) is 1.75. The SMILES string of the molecule is CCC(CNC(=O)c1cc(O)ccc1Cl)C(=O)O. The Balaban J connectivity index is 2.71. The molecule has 1 atom stereocenters. The normalized spacial score (nSPS) is 11.9. The molecule has 0 heterocycles. The van der Waals surface area contributed by atoms with E-state index in [1.54, 1.807) is 6.92 Å². The Morgan fingerprint density at radius 1 is 1.44 bits per heavy atom. The van der Waals surface area contributed by atoms with Crippen LogP contribution >= 0.6 is 11.6 Å². The highest BCUT2D eigenvalue weighted by atomic mass is 35.5. The van der Waals surface area contributed by atoms with E-state index in [1.807, 2.05) is 0 Å². The van der Waals surface area contributed by atoms with Gasteiger partial charge in [-0.25, -0.2) is 0 Å². The summed E-state index contributed by atoms with van der Waals surface area (Å²) in [4.78, 5) is 22.5. The number of phenols is 1. The minimum atomic E-state index is -0.959. The van der Waals surface area contributed by atoms with Gasteiger partial charge in [-0.15, -0.1) is 0 Å². The molecule has 1 aromatic carbocycles. The van der Waals surface area contributed by atoms with Crippen molar-refractivity contribution in [2.45, 2.75) is 13.3 Å². The van der Waals surface area contributed by atoms with Crippen molar-refractivity contribution in [1.29, 1.82) is 0 Å². The Morgan fingerprint density at radius 3 is 2.67 bits per heavy atom. The van der Waals surface area contributed by atoms with E-state index in [0.717, 1.165) is 0 Å². The summed E-state index contributed by atoms with van der Waals surface area (Å²) in [5.41, 5.74) is 0.122. The van der Waals surface area contributed by atoms with E-state index in [1.165, 1.54) is 18.2 Å². The summed E-state index contributed by atoms with van der Waals surface area (Å²) in [7, 11) is 0. The third kappa shape index (κ3) is 3.63. The first-order chi connectivity index (χ1) is 8.45. The average molecular weight is 272 g/mol. The topological polar surface area (TPSA) is 86.6 Å². The lowest BCUT2D eigenvalue weighted by Gasteiger charge is -2.11. The van der Waals surface area contributed by atoms with Gasteiger partial charge in [-0.2, -0.15) is 0 Å². The number of carbonyl (C=O) groups excluding carboxylic acids is 1. The number of carbonyl (C=O) groups is 2. The van der Waals surface area contributed by atoms with E-state index in [4.69, 9.17) is 16.7 Å². The van der Waals surface area contributed by atoms with Crippen LogP contribution in [0.15, 0.2) is 18.2 Å². The first-order valence-corrected chi connectivity index (χ1v) is 5.83. The highest BCUT2D eigenvalue weighted by Gasteiger charge is 2.17. The summed E-state index contributed by atoms with van der Waals surface area (Å²) in [6.07, 6.45) is 0.420. The summed E-state index contributed by atoms with van der Waals surface area (Å²) in [6, 6.07) is 4.00. The molecule has 3 N–H and O–H groups in total. The van der Waals surface area contributed by atoms with Crippen LogP contribution in [0.25, 0.3) is 0 Å². The highest BCUT2D eigenvalue weighted by Crippen LogP contribution is 2.21. The van der Waals surface area contributed by atoms with Crippen molar-refractivity contribution in [3.05, 3.63) is 28.8 Å². The van der Waals surface area contributed by atoms with Crippen molar-refractivity contribution in [3.8, 4) is 5.75 Å². The lowest BCUT2D eigenvalue weighted by molar-refractivity contribution is -0.141. The van der Waals surface area contributed by atoms with E-state index < -0.39 is 17.8 Å². The molecule has 0 saturated heterocycles. The lowest BCUT2D eigenvalue weighted by atomic mass is 10.1. The van der Waals surface area contributed by atoms with Crippen LogP contribution in [-0.2, 0) is 4.79 Å². The molecular weight excluding hydrogens is 258 g/mol. The summed E-state index contributed by atoms with van der Waals surface area (Å²) < 4.78 is 0. The molecule has 0 radical (unpaired) electrons. The molecule has 1 unspecified atom stereocenters. The molecule has 0 bridgehead atoms. The maximum atomic E-state index is 11.8. The Kier molecular flexibility index (Phi) is 4.97. The number of aliphatic carboxylic acids is 1. The predicted molar refractivity (Wildman–Crippen MR) is 66.9 cm³/mol. The number of amides is 1. The molecule has 0 saturated carbocycles. The molecule has 1 rings (SSSR count). The van der Waals surface area contributed by atoms with Gasteiger partial charge in [0.2, 0.25) is 0 Å². The minimum Gasteiger partial charge on any atom is -0.508 e. The van der Waals surface area contributed by atoms with Gasteiger partial charge in [-0.1, -0.05) is 18.5 Å². The van der Waals surface area contributed by atoms with Crippen LogP contribution in [0.2, 0.25) is 5.02 Å². The maximum Gasteiger partial charge on any atom is 0.308 e. The molecule has 0 aliphatic heterocycles. The third-order valence-corrected chi connectivity index (χ3v) is 2.88. The van der Waals surface area contributed by atoms with Gasteiger partial charge in [-0.05, 0) is 24.6 Å². The van der Waals surface area contributed by atoms with Crippen molar-refractivity contribution < 1.29 is 19.8 Å². The second-order valence-electron chi connectivity index (χ2n) is 3.82. The fourth-order valence-corrected chi connectivity index (χ4v) is 1.61. The van der Waals surface area contributed by atoms with Crippen molar-refractivity contribution in [3.63, 3.8) is 0 Å². The van der Waals surface area contributed by atoms with Gasteiger partial charge in [0.1, 0.15) is 5.75 Å². The predicted octanol–water partition coefficient (Wildman–Crippen LogP) is 1.89. The van der Waals surface area contributed by atoms with E-state index in [2.05, 4.69) is 5.32 Å². The highest BCUT2D eigenvalue weighted by molar-refractivity contribution is 6.33. The number of halogens is 1. The number of phenolic OH excluding ortho intramolecular Hbond substituents is 1. The van der Waals surface area contributed by atoms with Crippen LogP contribution in [0.3, 0.4) is 0 Å². The number of carboxylic acids is 1. The van der Waals surface area contributed by atoms with Crippen LogP contribution in [0, 0.1) is 5.92 Å². The Bertz CT molecular complexity index is 461. The molecule has 0 fully saturated rings. The first kappa shape index (κ1) is 14.3. The van der Waals surface area contributed by atoms with E-state index in [-0.39, 0.29) is 22.9 Å². The van der Waals surface area contributed by atoms with Gasteiger partial charge in [0, 0.05) is 6.54 Å². The molecule has 6 heteroatoms. The largest absolute Gasteiger partial charge is 0.508 e. The molecule has 0 spiro atoms. The zero-order chi connectivity index (χ0) is 13.7. The molecule has 0 aliphatic rings. The number of nitrogens with one attached hydrogen (secondary N) is 1. The fourth-order valence-electron chi connectivity index (χ4n) is 1.40. The Labute approximate surface area is 109 Å². The monoisotopic (exact) mass is 271 g/mol. The third-order valence-electron chi connectivity index (χ3n) is 2.55. The van der Waals surface area contributed by atoms with Crippen LogP contribution in [0.4, 0.5) is 0 Å². The number of aromatic hydroxyl groups is 1. The summed E-state index contributed by atoms with van der Waals surface area (Å²) in [5.74, 6) is -2.17. The molecule has 0 aromatic heterocycles. The smallest absolute Gasteiger partial charge is 0.308 e. The molecule has 5 nitrogen and oxygen atoms in total. The molecule has 1 amide bonds. The zero-order valence-corrected chi connectivity index (χ0v) is 10.6. The van der Waals surface area contributed by atoms with Crippen LogP contribution in [0.1, 0.15) is 23.7 Å². The number of carboxylic acid groups (broad SMARTS) is 1. The second-order valence-corrected chi connectivity index (χ2v) is 4.22. The van der Waals surface area contributed by atoms with Crippen molar-refractivity contribution in [1.82, 2.24) is 5.32 Å². The fraction of sp³-hybridized carbons (Fsp3) is 0.333. The molecule has 1 aromatic rings.